The van der Waals surface area contributed by atoms with E-state index in [0.29, 0.717) is 0 Å². The van der Waals surface area contributed by atoms with Crippen LogP contribution in [-0.2, 0) is 12.2 Å². The molecule has 0 aliphatic heterocycles. The molecule has 0 aromatic heterocycles. The fourth-order valence-corrected chi connectivity index (χ4v) is 1.06. The molecule has 0 heterocycles. The van der Waals surface area contributed by atoms with Crippen LogP contribution in [0.4, 0.5) is 0 Å². The van der Waals surface area contributed by atoms with Crippen molar-refractivity contribution < 1.29 is 0 Å². The fraction of sp³-hybridized carbons (Fsp3) is 0.333. The van der Waals surface area contributed by atoms with Crippen LogP contribution >= 0.6 is 12.6 Å². The van der Waals surface area contributed by atoms with E-state index in [1.165, 1.54) is 11.1 Å². The van der Waals surface area contributed by atoms with Gasteiger partial charge in [-0.2, -0.15) is 0 Å². The van der Waals surface area contributed by atoms with Crippen molar-refractivity contribution in [1.29, 1.82) is 0 Å². The molecule has 1 radical (unpaired) electrons. The molecule has 0 aliphatic rings. The Morgan fingerprint density at radius 3 is 2.00 bits per heavy atom. The molecule has 0 saturated heterocycles. The van der Waals surface area contributed by atoms with Crippen LogP contribution < -0.4 is 0 Å². The Morgan fingerprint density at radius 2 is 1.60 bits per heavy atom. The molecule has 0 nitrogen and oxygen atoms in total. The van der Waals surface area contributed by atoms with Crippen molar-refractivity contribution in [2.45, 2.75) is 19.1 Å². The SMILES string of the molecule is CCc1ccc(C[S])cc1. The van der Waals surface area contributed by atoms with Crippen LogP contribution in [0, 0.1) is 0 Å². The first-order valence-corrected chi connectivity index (χ1v) is 4.10. The molecule has 0 bridgehead atoms. The summed E-state index contributed by atoms with van der Waals surface area (Å²) in [6, 6.07) is 8.49. The Kier molecular flexibility index (Phi) is 2.82. The van der Waals surface area contributed by atoms with Crippen molar-refractivity contribution in [1.82, 2.24) is 0 Å². The van der Waals surface area contributed by atoms with Gasteiger partial charge in [0.15, 0.2) is 0 Å². The van der Waals surface area contributed by atoms with E-state index in [0.717, 1.165) is 12.2 Å². The van der Waals surface area contributed by atoms with Crippen molar-refractivity contribution in [3.8, 4) is 0 Å². The standard InChI is InChI=1S/C9H11S/c1-2-8-3-5-9(7-10)6-4-8/h3-6H,2,7H2,1H3. The van der Waals surface area contributed by atoms with Gasteiger partial charge in [0.25, 0.3) is 0 Å². The second-order valence-corrected chi connectivity index (χ2v) is 2.60. The molecular formula is C9H11S. The summed E-state index contributed by atoms with van der Waals surface area (Å²) in [5, 5.41) is 0. The van der Waals surface area contributed by atoms with Crippen LogP contribution in [0.3, 0.4) is 0 Å². The molecule has 0 amide bonds. The maximum absolute atomic E-state index is 4.90. The molecule has 0 spiro atoms. The van der Waals surface area contributed by atoms with Crippen molar-refractivity contribution in [3.63, 3.8) is 0 Å². The van der Waals surface area contributed by atoms with Gasteiger partial charge < -0.3 is 0 Å². The lowest BCUT2D eigenvalue weighted by molar-refractivity contribution is 1.13. The normalized spacial score (nSPS) is 9.80. The molecule has 10 heavy (non-hydrogen) atoms. The number of benzene rings is 1. The number of hydrogen-bond acceptors (Lipinski definition) is 0. The van der Waals surface area contributed by atoms with Crippen LogP contribution in [0.5, 0.6) is 0 Å². The van der Waals surface area contributed by atoms with Crippen LogP contribution in [0.1, 0.15) is 18.1 Å². The molecule has 1 rings (SSSR count). The molecular weight excluding hydrogens is 140 g/mol. The molecule has 0 aliphatic carbocycles. The predicted molar refractivity (Wildman–Crippen MR) is 47.1 cm³/mol. The highest BCUT2D eigenvalue weighted by atomic mass is 32.1. The summed E-state index contributed by atoms with van der Waals surface area (Å²) in [6.45, 7) is 2.16. The summed E-state index contributed by atoms with van der Waals surface area (Å²) < 4.78 is 0. The van der Waals surface area contributed by atoms with E-state index < -0.39 is 0 Å². The molecule has 1 heteroatoms. The summed E-state index contributed by atoms with van der Waals surface area (Å²) in [6.07, 6.45) is 1.11. The second-order valence-electron chi connectivity index (χ2n) is 2.31. The Morgan fingerprint density at radius 1 is 1.10 bits per heavy atom. The van der Waals surface area contributed by atoms with E-state index >= 15 is 0 Å². The molecule has 0 N–H and O–H groups in total. The third-order valence-corrected chi connectivity index (χ3v) is 1.93. The molecule has 0 atom stereocenters. The Labute approximate surface area is 67.7 Å². The summed E-state index contributed by atoms with van der Waals surface area (Å²) in [5.41, 5.74) is 2.62. The van der Waals surface area contributed by atoms with Gasteiger partial charge in [0.2, 0.25) is 0 Å². The number of rotatable bonds is 2. The van der Waals surface area contributed by atoms with Crippen LogP contribution in [0.2, 0.25) is 0 Å². The maximum Gasteiger partial charge on any atom is 0.0288 e. The van der Waals surface area contributed by atoms with E-state index in [-0.39, 0.29) is 0 Å². The summed E-state index contributed by atoms with van der Waals surface area (Å²) in [4.78, 5) is 0. The van der Waals surface area contributed by atoms with Gasteiger partial charge >= 0.3 is 0 Å². The zero-order valence-corrected chi connectivity index (χ0v) is 6.95. The third kappa shape index (κ3) is 1.77. The van der Waals surface area contributed by atoms with Gasteiger partial charge in [-0.25, -0.2) is 0 Å². The zero-order valence-electron chi connectivity index (χ0n) is 6.13. The topological polar surface area (TPSA) is 0 Å². The monoisotopic (exact) mass is 151 g/mol. The lowest BCUT2D eigenvalue weighted by Crippen LogP contribution is -1.80. The van der Waals surface area contributed by atoms with Crippen molar-refractivity contribution in [2.75, 3.05) is 0 Å². The Bertz CT molecular complexity index is 165. The highest BCUT2D eigenvalue weighted by Crippen LogP contribution is 2.06. The van der Waals surface area contributed by atoms with E-state index in [9.17, 15) is 0 Å². The van der Waals surface area contributed by atoms with E-state index in [2.05, 4.69) is 31.2 Å². The van der Waals surface area contributed by atoms with Crippen LogP contribution in [-0.4, -0.2) is 0 Å². The molecule has 1 aromatic rings. The predicted octanol–water partition coefficient (Wildman–Crippen LogP) is 2.95. The van der Waals surface area contributed by atoms with E-state index in [4.69, 9.17) is 12.6 Å². The number of hydrogen-bond donors (Lipinski definition) is 0. The summed E-state index contributed by atoms with van der Waals surface area (Å²) in [7, 11) is 0. The molecule has 0 fully saturated rings. The van der Waals surface area contributed by atoms with E-state index in [1.54, 1.807) is 0 Å². The van der Waals surface area contributed by atoms with Crippen LogP contribution in [0.25, 0.3) is 0 Å². The van der Waals surface area contributed by atoms with Gasteiger partial charge in [-0.1, -0.05) is 43.8 Å². The minimum Gasteiger partial charge on any atom is -0.0890 e. The zero-order chi connectivity index (χ0) is 7.40. The fourth-order valence-electron chi connectivity index (χ4n) is 0.871. The second kappa shape index (κ2) is 3.67. The minimum absolute atomic E-state index is 0.726. The van der Waals surface area contributed by atoms with Gasteiger partial charge in [0, 0.05) is 5.75 Å². The first-order chi connectivity index (χ1) is 4.86. The molecule has 0 saturated carbocycles. The maximum atomic E-state index is 4.90. The summed E-state index contributed by atoms with van der Waals surface area (Å²) in [5.74, 6) is 0.726. The van der Waals surface area contributed by atoms with Gasteiger partial charge in [-0.05, 0) is 17.5 Å². The highest BCUT2D eigenvalue weighted by Gasteiger charge is 1.88. The average Bonchev–Trinajstić information content (AvgIpc) is 2.05. The largest absolute Gasteiger partial charge is 0.0890 e. The Hall–Kier alpha value is -0.430. The highest BCUT2D eigenvalue weighted by molar-refractivity contribution is 7.79. The molecule has 53 valence electrons. The number of aryl methyl sites for hydroxylation is 1. The smallest absolute Gasteiger partial charge is 0.0288 e. The van der Waals surface area contributed by atoms with Crippen molar-refractivity contribution >= 4 is 12.6 Å². The minimum atomic E-state index is 0.726. The lowest BCUT2D eigenvalue weighted by Gasteiger charge is -1.96. The quantitative estimate of drug-likeness (QED) is 0.609. The molecule has 1 aromatic carbocycles. The molecule has 0 unspecified atom stereocenters. The van der Waals surface area contributed by atoms with Gasteiger partial charge in [-0.3, -0.25) is 0 Å². The van der Waals surface area contributed by atoms with Gasteiger partial charge in [-0.15, -0.1) is 0 Å². The van der Waals surface area contributed by atoms with E-state index in [1.807, 2.05) is 0 Å². The van der Waals surface area contributed by atoms with Crippen molar-refractivity contribution in [2.24, 2.45) is 0 Å². The first-order valence-electron chi connectivity index (χ1n) is 3.52. The third-order valence-electron chi connectivity index (χ3n) is 1.60. The first kappa shape index (κ1) is 7.67. The Balaban J connectivity index is 2.80. The summed E-state index contributed by atoms with van der Waals surface area (Å²) >= 11 is 4.90. The van der Waals surface area contributed by atoms with Gasteiger partial charge in [0.05, 0.1) is 0 Å². The van der Waals surface area contributed by atoms with Gasteiger partial charge in [0.1, 0.15) is 0 Å². The van der Waals surface area contributed by atoms with Crippen molar-refractivity contribution in [3.05, 3.63) is 35.4 Å². The average molecular weight is 151 g/mol. The lowest BCUT2D eigenvalue weighted by atomic mass is 10.1. The van der Waals surface area contributed by atoms with Crippen LogP contribution in [0.15, 0.2) is 24.3 Å².